The van der Waals surface area contributed by atoms with Gasteiger partial charge < -0.3 is 119 Å². The Bertz CT molecular complexity index is 1820. The standard InChI is InChI=1S/C50H84O24/c1-9-50(8,74-49-42(64)37(59)43(28(19-51)70-49)72-47-39(61)34(56)31(53)26(6)68-47)18-12-17-23(3)14-10-13-22(2)15-11-16-24(4)20-65-46-41(63)36(58)44(73-48-40(62)35(57)32(54)27(7)69-48)29(71-46)21-66-45-38(60)33(55)30(52)25(5)67-45/h9,13,16-17,25-49,51-64H,1,10-12,14-15,18-21H2,2-8H3. The van der Waals surface area contributed by atoms with E-state index in [1.54, 1.807) is 13.0 Å². The van der Waals surface area contributed by atoms with Crippen molar-refractivity contribution in [2.75, 3.05) is 19.8 Å². The van der Waals surface area contributed by atoms with Crippen molar-refractivity contribution in [3.05, 3.63) is 47.6 Å². The van der Waals surface area contributed by atoms with Gasteiger partial charge in [-0.15, -0.1) is 6.58 Å². The van der Waals surface area contributed by atoms with Crippen LogP contribution in [0.25, 0.3) is 0 Å². The van der Waals surface area contributed by atoms with Gasteiger partial charge in [0.25, 0.3) is 0 Å². The van der Waals surface area contributed by atoms with E-state index in [1.807, 2.05) is 26.8 Å². The Balaban J connectivity index is 1.07. The summed E-state index contributed by atoms with van der Waals surface area (Å²) in [4.78, 5) is 0. The van der Waals surface area contributed by atoms with Crippen molar-refractivity contribution in [2.45, 2.75) is 246 Å². The SMILES string of the molecule is C=CC(C)(CCC=C(C)CCC=C(C)CCC=C(C)COC1OC(COC2OC(C)C(O)C(O)C2O)C(OC2OC(C)C(O)C(O)C2O)C(O)C1O)OC1OC(CO)C(OC2OC(C)C(O)C(O)C2O)C(O)C1O. The molecule has 26 unspecified atom stereocenters. The lowest BCUT2D eigenvalue weighted by atomic mass is 9.95. The van der Waals surface area contributed by atoms with Crippen molar-refractivity contribution in [1.29, 1.82) is 0 Å². The molecule has 0 aromatic rings. The Morgan fingerprint density at radius 3 is 1.35 bits per heavy atom. The molecule has 14 N–H and O–H groups in total. The van der Waals surface area contributed by atoms with Gasteiger partial charge in [-0.3, -0.25) is 0 Å². The van der Waals surface area contributed by atoms with Crippen LogP contribution in [0.5, 0.6) is 0 Å². The molecule has 5 fully saturated rings. The second-order valence-corrected chi connectivity index (χ2v) is 20.5. The molecule has 0 saturated carbocycles. The van der Waals surface area contributed by atoms with Crippen molar-refractivity contribution in [3.63, 3.8) is 0 Å². The van der Waals surface area contributed by atoms with Crippen LogP contribution in [0.3, 0.4) is 0 Å². The smallest absolute Gasteiger partial charge is 0.187 e. The number of hydrogen-bond acceptors (Lipinski definition) is 24. The zero-order valence-corrected chi connectivity index (χ0v) is 43.2. The monoisotopic (exact) mass is 1070 g/mol. The van der Waals surface area contributed by atoms with E-state index in [9.17, 15) is 71.5 Å². The van der Waals surface area contributed by atoms with E-state index in [1.165, 1.54) is 20.8 Å². The molecule has 74 heavy (non-hydrogen) atoms. The van der Waals surface area contributed by atoms with Crippen LogP contribution in [-0.2, 0) is 47.4 Å². The first-order valence-corrected chi connectivity index (χ1v) is 25.4. The minimum atomic E-state index is -1.75. The molecule has 5 heterocycles. The molecule has 5 aliphatic heterocycles. The Labute approximate surface area is 431 Å². The molecule has 0 aromatic carbocycles. The van der Waals surface area contributed by atoms with Crippen LogP contribution >= 0.6 is 0 Å². The molecule has 5 rings (SSSR count). The number of rotatable bonds is 23. The normalized spacial score (nSPS) is 44.8. The van der Waals surface area contributed by atoms with Crippen LogP contribution in [0.2, 0.25) is 0 Å². The van der Waals surface area contributed by atoms with E-state index in [4.69, 9.17) is 47.4 Å². The highest BCUT2D eigenvalue weighted by atomic mass is 16.8. The maximum Gasteiger partial charge on any atom is 0.187 e. The highest BCUT2D eigenvalue weighted by molar-refractivity contribution is 5.08. The highest BCUT2D eigenvalue weighted by Crippen LogP contribution is 2.34. The second kappa shape index (κ2) is 28.2. The molecule has 0 aromatic heterocycles. The van der Waals surface area contributed by atoms with Crippen molar-refractivity contribution in [1.82, 2.24) is 0 Å². The van der Waals surface area contributed by atoms with E-state index < -0.39 is 172 Å². The lowest BCUT2D eigenvalue weighted by Gasteiger charge is -2.47. The summed E-state index contributed by atoms with van der Waals surface area (Å²) in [6.07, 6.45) is -24.7. The number of allylic oxidation sites excluding steroid dienone is 5. The van der Waals surface area contributed by atoms with Gasteiger partial charge in [-0.1, -0.05) is 41.0 Å². The summed E-state index contributed by atoms with van der Waals surface area (Å²) >= 11 is 0. The van der Waals surface area contributed by atoms with Gasteiger partial charge in [0.2, 0.25) is 0 Å². The molecule has 5 saturated heterocycles. The van der Waals surface area contributed by atoms with Crippen LogP contribution in [0.1, 0.15) is 87.0 Å². The molecule has 428 valence electrons. The van der Waals surface area contributed by atoms with E-state index in [0.717, 1.165) is 36.0 Å². The molecular weight excluding hydrogens is 985 g/mol. The predicted octanol–water partition coefficient (Wildman–Crippen LogP) is -2.70. The average Bonchev–Trinajstić information content (AvgIpc) is 3.36. The molecular formula is C50H84O24. The third-order valence-corrected chi connectivity index (χ3v) is 14.4. The van der Waals surface area contributed by atoms with Crippen LogP contribution < -0.4 is 0 Å². The minimum Gasteiger partial charge on any atom is -0.394 e. The summed E-state index contributed by atoms with van der Waals surface area (Å²) < 4.78 is 57.7. The quantitative estimate of drug-likeness (QED) is 0.0463. The fraction of sp³-hybridized carbons (Fsp3) is 0.840. The lowest BCUT2D eigenvalue weighted by Crippen LogP contribution is -2.64. The van der Waals surface area contributed by atoms with Gasteiger partial charge in [-0.25, -0.2) is 0 Å². The van der Waals surface area contributed by atoms with Gasteiger partial charge >= 0.3 is 0 Å². The first-order chi connectivity index (χ1) is 34.8. The van der Waals surface area contributed by atoms with E-state index in [-0.39, 0.29) is 6.61 Å². The summed E-state index contributed by atoms with van der Waals surface area (Å²) in [6.45, 7) is 14.7. The zero-order chi connectivity index (χ0) is 54.9. The zero-order valence-electron chi connectivity index (χ0n) is 43.2. The maximum absolute atomic E-state index is 11.3. The highest BCUT2D eigenvalue weighted by Gasteiger charge is 2.53. The van der Waals surface area contributed by atoms with Gasteiger partial charge in [0.15, 0.2) is 31.5 Å². The van der Waals surface area contributed by atoms with Gasteiger partial charge in [0.05, 0.1) is 43.7 Å². The summed E-state index contributed by atoms with van der Waals surface area (Å²) in [7, 11) is 0. The molecule has 24 heteroatoms. The molecule has 26 atom stereocenters. The third-order valence-electron chi connectivity index (χ3n) is 14.4. The number of aliphatic hydroxyl groups excluding tert-OH is 14. The fourth-order valence-corrected chi connectivity index (χ4v) is 9.21. The molecule has 0 amide bonds. The van der Waals surface area contributed by atoms with Crippen molar-refractivity contribution >= 4 is 0 Å². The van der Waals surface area contributed by atoms with Gasteiger partial charge in [0.1, 0.15) is 104 Å². The maximum atomic E-state index is 11.3. The number of hydrogen-bond donors (Lipinski definition) is 14. The Morgan fingerprint density at radius 1 is 0.473 bits per heavy atom. The number of aliphatic hydroxyl groups is 14. The minimum absolute atomic E-state index is 0.00986. The van der Waals surface area contributed by atoms with Gasteiger partial charge in [-0.2, -0.15) is 0 Å². The third kappa shape index (κ3) is 15.9. The Kier molecular flexibility index (Phi) is 24.0. The summed E-state index contributed by atoms with van der Waals surface area (Å²) in [5.41, 5.74) is 2.05. The predicted molar refractivity (Wildman–Crippen MR) is 256 cm³/mol. The van der Waals surface area contributed by atoms with Crippen LogP contribution in [-0.4, -0.2) is 250 Å². The fourth-order valence-electron chi connectivity index (χ4n) is 9.21. The largest absolute Gasteiger partial charge is 0.394 e. The van der Waals surface area contributed by atoms with Crippen LogP contribution in [0.4, 0.5) is 0 Å². The molecule has 0 aliphatic carbocycles. The molecule has 0 radical (unpaired) electrons. The second-order valence-electron chi connectivity index (χ2n) is 20.5. The molecule has 0 spiro atoms. The first-order valence-electron chi connectivity index (χ1n) is 25.4. The van der Waals surface area contributed by atoms with Crippen molar-refractivity contribution < 1.29 is 119 Å². The average molecular weight is 1070 g/mol. The van der Waals surface area contributed by atoms with Crippen molar-refractivity contribution in [2.24, 2.45) is 0 Å². The van der Waals surface area contributed by atoms with E-state index >= 15 is 0 Å². The van der Waals surface area contributed by atoms with Gasteiger partial charge in [0, 0.05) is 0 Å². The topological polar surface area (TPSA) is 376 Å². The van der Waals surface area contributed by atoms with Crippen LogP contribution in [0.15, 0.2) is 47.6 Å². The summed E-state index contributed by atoms with van der Waals surface area (Å²) in [6, 6.07) is 0. The lowest BCUT2D eigenvalue weighted by molar-refractivity contribution is -0.363. The van der Waals surface area contributed by atoms with Crippen molar-refractivity contribution in [3.8, 4) is 0 Å². The van der Waals surface area contributed by atoms with E-state index in [0.29, 0.717) is 19.3 Å². The van der Waals surface area contributed by atoms with Crippen LogP contribution in [0, 0.1) is 0 Å². The number of ether oxygens (including phenoxy) is 10. The van der Waals surface area contributed by atoms with Gasteiger partial charge in [-0.05, 0) is 87.0 Å². The molecule has 24 nitrogen and oxygen atoms in total. The summed E-state index contributed by atoms with van der Waals surface area (Å²) in [5.74, 6) is 0. The first kappa shape index (κ1) is 62.8. The molecule has 5 aliphatic rings. The summed E-state index contributed by atoms with van der Waals surface area (Å²) in [5, 5.41) is 147. The van der Waals surface area contributed by atoms with E-state index in [2.05, 4.69) is 18.7 Å². The Hall–Kier alpha value is -2.00. The molecule has 0 bridgehead atoms. The Morgan fingerprint density at radius 2 is 0.865 bits per heavy atom.